The van der Waals surface area contributed by atoms with Gasteiger partial charge in [0.1, 0.15) is 0 Å². The van der Waals surface area contributed by atoms with E-state index < -0.39 is 0 Å². The predicted molar refractivity (Wildman–Crippen MR) is 37.1 cm³/mol. The third-order valence-electron chi connectivity index (χ3n) is 1.62. The Bertz CT molecular complexity index is 187. The van der Waals surface area contributed by atoms with E-state index in [0.717, 1.165) is 5.57 Å². The molecule has 1 aliphatic rings. The van der Waals surface area contributed by atoms with E-state index in [1.807, 2.05) is 26.0 Å². The van der Waals surface area contributed by atoms with Gasteiger partial charge in [-0.3, -0.25) is 4.79 Å². The van der Waals surface area contributed by atoms with Crippen molar-refractivity contribution in [3.8, 4) is 0 Å². The third-order valence-corrected chi connectivity index (χ3v) is 1.62. The number of ketones is 1. The van der Waals surface area contributed by atoms with E-state index >= 15 is 0 Å². The molecule has 9 heavy (non-hydrogen) atoms. The molecule has 0 saturated carbocycles. The summed E-state index contributed by atoms with van der Waals surface area (Å²) >= 11 is 0. The average Bonchev–Trinajstić information content (AvgIpc) is 2.12. The lowest BCUT2D eigenvalue weighted by Gasteiger charge is -1.98. The maximum atomic E-state index is 10.9. The van der Waals surface area contributed by atoms with Crippen molar-refractivity contribution in [1.82, 2.24) is 0 Å². The first-order valence-electron chi connectivity index (χ1n) is 3.14. The highest BCUT2D eigenvalue weighted by Gasteiger charge is 2.16. The summed E-state index contributed by atoms with van der Waals surface area (Å²) in [6.45, 7) is 3.92. The van der Waals surface area contributed by atoms with Crippen molar-refractivity contribution >= 4 is 5.78 Å². The van der Waals surface area contributed by atoms with Crippen LogP contribution in [0.1, 0.15) is 13.8 Å². The molecular weight excluding hydrogens is 112 g/mol. The number of carbonyl (C=O) groups is 1. The first-order chi connectivity index (χ1) is 4.25. The molecule has 0 saturated heterocycles. The van der Waals surface area contributed by atoms with Gasteiger partial charge in [-0.15, -0.1) is 0 Å². The smallest absolute Gasteiger partial charge is 0.181 e. The third kappa shape index (κ3) is 0.947. The molecule has 0 aromatic rings. The normalized spacial score (nSPS) is 30.2. The minimum atomic E-state index is 0.171. The summed E-state index contributed by atoms with van der Waals surface area (Å²) in [4.78, 5) is 10.9. The van der Waals surface area contributed by atoms with Crippen LogP contribution in [-0.2, 0) is 4.79 Å². The molecule has 0 N–H and O–H groups in total. The van der Waals surface area contributed by atoms with Crippen molar-refractivity contribution in [2.24, 2.45) is 5.92 Å². The second kappa shape index (κ2) is 2.18. The van der Waals surface area contributed by atoms with Gasteiger partial charge < -0.3 is 0 Å². The van der Waals surface area contributed by atoms with Crippen molar-refractivity contribution in [3.05, 3.63) is 23.8 Å². The topological polar surface area (TPSA) is 17.1 Å². The zero-order valence-corrected chi connectivity index (χ0v) is 5.72. The zero-order valence-electron chi connectivity index (χ0n) is 5.72. The van der Waals surface area contributed by atoms with Gasteiger partial charge in [-0.2, -0.15) is 0 Å². The Kier molecular flexibility index (Phi) is 1.52. The first kappa shape index (κ1) is 6.27. The Hall–Kier alpha value is -0.850. The summed E-state index contributed by atoms with van der Waals surface area (Å²) in [6.07, 6.45) is 5.45. The van der Waals surface area contributed by atoms with Crippen molar-refractivity contribution in [2.75, 3.05) is 0 Å². The fourth-order valence-electron chi connectivity index (χ4n) is 1.06. The molecule has 1 rings (SSSR count). The Morgan fingerprint density at radius 1 is 1.67 bits per heavy atom. The molecule has 0 radical (unpaired) electrons. The molecule has 0 spiro atoms. The van der Waals surface area contributed by atoms with Crippen LogP contribution < -0.4 is 0 Å². The number of carbonyl (C=O) groups excluding carboxylic acids is 1. The second-order valence-electron chi connectivity index (χ2n) is 2.26. The van der Waals surface area contributed by atoms with Gasteiger partial charge in [0.05, 0.1) is 0 Å². The van der Waals surface area contributed by atoms with Crippen LogP contribution in [0.25, 0.3) is 0 Å². The quantitative estimate of drug-likeness (QED) is 0.447. The molecule has 0 amide bonds. The van der Waals surface area contributed by atoms with E-state index in [1.54, 1.807) is 6.08 Å². The molecule has 0 aromatic heterocycles. The van der Waals surface area contributed by atoms with Gasteiger partial charge in [-0.05, 0) is 13.0 Å². The molecule has 0 aromatic carbocycles. The highest BCUT2D eigenvalue weighted by molar-refractivity contribution is 6.07. The Morgan fingerprint density at radius 2 is 2.33 bits per heavy atom. The molecule has 1 heteroatoms. The fraction of sp³-hybridized carbons (Fsp3) is 0.375. The number of hydrogen-bond donors (Lipinski definition) is 0. The van der Waals surface area contributed by atoms with Crippen LogP contribution in [0.3, 0.4) is 0 Å². The van der Waals surface area contributed by atoms with Gasteiger partial charge in [0.15, 0.2) is 5.78 Å². The fourth-order valence-corrected chi connectivity index (χ4v) is 1.06. The Balaban J connectivity index is 2.88. The lowest BCUT2D eigenvalue weighted by atomic mass is 10.1. The SMILES string of the molecule is C/C=C1/C(=O)C=CC1C. The van der Waals surface area contributed by atoms with Gasteiger partial charge in [0.25, 0.3) is 0 Å². The van der Waals surface area contributed by atoms with Gasteiger partial charge >= 0.3 is 0 Å². The standard InChI is InChI=1S/C8H10O/c1-3-7-6(2)4-5-8(7)9/h3-6H,1-2H3/b7-3+. The van der Waals surface area contributed by atoms with Crippen LogP contribution in [0.2, 0.25) is 0 Å². The molecule has 0 fully saturated rings. The molecule has 48 valence electrons. The molecule has 1 nitrogen and oxygen atoms in total. The van der Waals surface area contributed by atoms with Crippen molar-refractivity contribution < 1.29 is 4.79 Å². The summed E-state index contributed by atoms with van der Waals surface area (Å²) in [5, 5.41) is 0. The summed E-state index contributed by atoms with van der Waals surface area (Å²) in [7, 11) is 0. The largest absolute Gasteiger partial charge is 0.290 e. The zero-order chi connectivity index (χ0) is 6.85. The minimum absolute atomic E-state index is 0.171. The van der Waals surface area contributed by atoms with Crippen LogP contribution in [-0.4, -0.2) is 5.78 Å². The summed E-state index contributed by atoms with van der Waals surface area (Å²) < 4.78 is 0. The number of rotatable bonds is 0. The van der Waals surface area contributed by atoms with E-state index in [0.29, 0.717) is 5.92 Å². The molecule has 1 aliphatic carbocycles. The molecule has 0 bridgehead atoms. The van der Waals surface area contributed by atoms with Gasteiger partial charge in [-0.1, -0.05) is 19.1 Å². The lowest BCUT2D eigenvalue weighted by Crippen LogP contribution is -1.97. The minimum Gasteiger partial charge on any atom is -0.290 e. The van der Waals surface area contributed by atoms with Crippen molar-refractivity contribution in [3.63, 3.8) is 0 Å². The monoisotopic (exact) mass is 122 g/mol. The maximum Gasteiger partial charge on any atom is 0.181 e. The summed E-state index contributed by atoms with van der Waals surface area (Å²) in [5.41, 5.74) is 0.926. The molecule has 0 heterocycles. The Morgan fingerprint density at radius 3 is 2.56 bits per heavy atom. The van der Waals surface area contributed by atoms with E-state index in [4.69, 9.17) is 0 Å². The van der Waals surface area contributed by atoms with Crippen LogP contribution in [0, 0.1) is 5.92 Å². The van der Waals surface area contributed by atoms with E-state index in [9.17, 15) is 4.79 Å². The molecule has 1 unspecified atom stereocenters. The first-order valence-corrected chi connectivity index (χ1v) is 3.14. The van der Waals surface area contributed by atoms with Gasteiger partial charge in [-0.25, -0.2) is 0 Å². The average molecular weight is 122 g/mol. The summed E-state index contributed by atoms with van der Waals surface area (Å²) in [5.74, 6) is 0.507. The molecule has 0 aliphatic heterocycles. The van der Waals surface area contributed by atoms with Crippen molar-refractivity contribution in [2.45, 2.75) is 13.8 Å². The predicted octanol–water partition coefficient (Wildman–Crippen LogP) is 1.71. The van der Waals surface area contributed by atoms with Crippen LogP contribution in [0.5, 0.6) is 0 Å². The van der Waals surface area contributed by atoms with Crippen LogP contribution >= 0.6 is 0 Å². The highest BCUT2D eigenvalue weighted by Crippen LogP contribution is 2.19. The molecule has 1 atom stereocenters. The lowest BCUT2D eigenvalue weighted by molar-refractivity contribution is -0.111. The van der Waals surface area contributed by atoms with Gasteiger partial charge in [0.2, 0.25) is 0 Å². The summed E-state index contributed by atoms with van der Waals surface area (Å²) in [6, 6.07) is 0. The van der Waals surface area contributed by atoms with Crippen molar-refractivity contribution in [1.29, 1.82) is 0 Å². The highest BCUT2D eigenvalue weighted by atomic mass is 16.1. The van der Waals surface area contributed by atoms with E-state index in [-0.39, 0.29) is 5.78 Å². The second-order valence-corrected chi connectivity index (χ2v) is 2.26. The van der Waals surface area contributed by atoms with E-state index in [1.165, 1.54) is 0 Å². The number of hydrogen-bond acceptors (Lipinski definition) is 1. The van der Waals surface area contributed by atoms with Crippen LogP contribution in [0.4, 0.5) is 0 Å². The number of allylic oxidation sites excluding steroid dienone is 4. The van der Waals surface area contributed by atoms with Crippen LogP contribution in [0.15, 0.2) is 23.8 Å². The van der Waals surface area contributed by atoms with Gasteiger partial charge in [0, 0.05) is 11.5 Å². The van der Waals surface area contributed by atoms with E-state index in [2.05, 4.69) is 0 Å². The molecular formula is C8H10O. The maximum absolute atomic E-state index is 10.9. The Labute approximate surface area is 55.1 Å².